The minimum absolute atomic E-state index is 0.0497. The van der Waals surface area contributed by atoms with Crippen LogP contribution in [0.15, 0.2) is 23.4 Å². The van der Waals surface area contributed by atoms with Gasteiger partial charge in [-0.15, -0.1) is 0 Å². The van der Waals surface area contributed by atoms with Crippen LogP contribution in [0.5, 0.6) is 0 Å². The molecule has 0 bridgehead atoms. The quantitative estimate of drug-likeness (QED) is 0.753. The van der Waals surface area contributed by atoms with Crippen LogP contribution < -0.4 is 4.90 Å². The molecule has 1 amide bonds. The van der Waals surface area contributed by atoms with E-state index >= 15 is 0 Å². The summed E-state index contributed by atoms with van der Waals surface area (Å²) < 4.78 is 4.85. The molecule has 1 aromatic rings. The summed E-state index contributed by atoms with van der Waals surface area (Å²) in [6, 6.07) is 3.53. The number of nitrogens with zero attached hydrogens (tertiary/aromatic N) is 2. The lowest BCUT2D eigenvalue weighted by Crippen LogP contribution is -2.40. The topological polar surface area (TPSA) is 59.5 Å². The van der Waals surface area contributed by atoms with Crippen molar-refractivity contribution in [2.75, 3.05) is 23.8 Å². The molecule has 0 spiro atoms. The summed E-state index contributed by atoms with van der Waals surface area (Å²) in [6.07, 6.45) is 1.67. The van der Waals surface area contributed by atoms with Crippen molar-refractivity contribution >= 4 is 29.3 Å². The maximum absolute atomic E-state index is 11.8. The van der Waals surface area contributed by atoms with E-state index in [2.05, 4.69) is 4.98 Å². The van der Waals surface area contributed by atoms with Crippen molar-refractivity contribution in [1.29, 1.82) is 0 Å². The first-order valence-electron chi connectivity index (χ1n) is 5.26. The zero-order valence-corrected chi connectivity index (χ0v) is 10.2. The lowest BCUT2D eigenvalue weighted by atomic mass is 10.3. The molecule has 0 atom stereocenters. The highest BCUT2D eigenvalue weighted by atomic mass is 32.2. The number of esters is 1. The fraction of sp³-hybridized carbons (Fsp3) is 0.364. The highest BCUT2D eigenvalue weighted by Crippen LogP contribution is 2.32. The number of pyridine rings is 1. The molecule has 0 fully saturated rings. The van der Waals surface area contributed by atoms with Crippen LogP contribution in [-0.4, -0.2) is 35.8 Å². The molecule has 1 aliphatic rings. The molecule has 5 nitrogen and oxygen atoms in total. The van der Waals surface area contributed by atoms with Gasteiger partial charge in [0.2, 0.25) is 5.91 Å². The second kappa shape index (κ2) is 5.18. The van der Waals surface area contributed by atoms with Crippen molar-refractivity contribution in [3.05, 3.63) is 18.3 Å². The predicted octanol–water partition coefficient (Wildman–Crippen LogP) is 1.08. The van der Waals surface area contributed by atoms with Crippen LogP contribution in [0, 0.1) is 0 Å². The molecular weight excluding hydrogens is 240 g/mol. The SMILES string of the molecule is CCOC(=O)CN1C(=O)CSc2ncccc21. The van der Waals surface area contributed by atoms with E-state index in [1.54, 1.807) is 25.3 Å². The Kier molecular flexibility index (Phi) is 3.63. The van der Waals surface area contributed by atoms with Crippen LogP contribution in [0.4, 0.5) is 5.69 Å². The van der Waals surface area contributed by atoms with Gasteiger partial charge in [0.05, 0.1) is 18.0 Å². The molecule has 6 heteroatoms. The van der Waals surface area contributed by atoms with Gasteiger partial charge in [-0.25, -0.2) is 4.98 Å². The Hall–Kier alpha value is -1.56. The number of hydrogen-bond donors (Lipinski definition) is 0. The van der Waals surface area contributed by atoms with Gasteiger partial charge in [-0.3, -0.25) is 14.5 Å². The average molecular weight is 252 g/mol. The number of hydrogen-bond acceptors (Lipinski definition) is 5. The van der Waals surface area contributed by atoms with Crippen LogP contribution >= 0.6 is 11.8 Å². The molecule has 2 rings (SSSR count). The lowest BCUT2D eigenvalue weighted by Gasteiger charge is -2.26. The Balaban J connectivity index is 2.21. The van der Waals surface area contributed by atoms with E-state index in [9.17, 15) is 9.59 Å². The Bertz CT molecular complexity index is 450. The van der Waals surface area contributed by atoms with Gasteiger partial charge in [-0.1, -0.05) is 11.8 Å². The number of rotatable bonds is 3. The Morgan fingerprint density at radius 1 is 1.65 bits per heavy atom. The van der Waals surface area contributed by atoms with Crippen molar-refractivity contribution in [3.63, 3.8) is 0 Å². The number of carbonyl (C=O) groups excluding carboxylic acids is 2. The number of fused-ring (bicyclic) bond motifs is 1. The molecule has 0 N–H and O–H groups in total. The van der Waals surface area contributed by atoms with E-state index in [-0.39, 0.29) is 12.5 Å². The Morgan fingerprint density at radius 2 is 2.47 bits per heavy atom. The van der Waals surface area contributed by atoms with Gasteiger partial charge in [0.1, 0.15) is 11.6 Å². The van der Waals surface area contributed by atoms with Crippen LogP contribution in [0.3, 0.4) is 0 Å². The molecule has 0 aromatic carbocycles. The number of anilines is 1. The fourth-order valence-corrected chi connectivity index (χ4v) is 2.43. The summed E-state index contributed by atoms with van der Waals surface area (Å²) in [7, 11) is 0. The van der Waals surface area contributed by atoms with Gasteiger partial charge >= 0.3 is 5.97 Å². The zero-order valence-electron chi connectivity index (χ0n) is 9.38. The summed E-state index contributed by atoms with van der Waals surface area (Å²) in [4.78, 5) is 28.8. The van der Waals surface area contributed by atoms with Crippen LogP contribution in [-0.2, 0) is 14.3 Å². The number of thioether (sulfide) groups is 1. The smallest absolute Gasteiger partial charge is 0.326 e. The van der Waals surface area contributed by atoms with Crippen molar-refractivity contribution in [3.8, 4) is 0 Å². The number of amides is 1. The van der Waals surface area contributed by atoms with E-state index in [4.69, 9.17) is 4.74 Å². The van der Waals surface area contributed by atoms with E-state index < -0.39 is 5.97 Å². The van der Waals surface area contributed by atoms with Gasteiger partial charge in [0, 0.05) is 6.20 Å². The molecule has 0 radical (unpaired) electrons. The number of carbonyl (C=O) groups is 2. The highest BCUT2D eigenvalue weighted by Gasteiger charge is 2.27. The van der Waals surface area contributed by atoms with Crippen LogP contribution in [0.25, 0.3) is 0 Å². The van der Waals surface area contributed by atoms with E-state index in [0.29, 0.717) is 18.0 Å². The molecule has 0 saturated heterocycles. The minimum atomic E-state index is -0.400. The summed E-state index contributed by atoms with van der Waals surface area (Å²) in [5, 5.41) is 0.774. The van der Waals surface area contributed by atoms with E-state index in [0.717, 1.165) is 5.03 Å². The average Bonchev–Trinajstić information content (AvgIpc) is 2.33. The lowest BCUT2D eigenvalue weighted by molar-refractivity contribution is -0.142. The van der Waals surface area contributed by atoms with Crippen molar-refractivity contribution in [2.24, 2.45) is 0 Å². The van der Waals surface area contributed by atoms with E-state index in [1.165, 1.54) is 16.7 Å². The predicted molar refractivity (Wildman–Crippen MR) is 63.9 cm³/mol. The van der Waals surface area contributed by atoms with Crippen molar-refractivity contribution in [2.45, 2.75) is 11.9 Å². The third kappa shape index (κ3) is 2.58. The zero-order chi connectivity index (χ0) is 12.3. The standard InChI is InChI=1S/C11H12N2O3S/c1-2-16-10(15)6-13-8-4-3-5-12-11(8)17-7-9(13)14/h3-5H,2,6-7H2,1H3. The molecule has 1 aliphatic heterocycles. The fourth-order valence-electron chi connectivity index (χ4n) is 1.55. The molecular formula is C11H12N2O3S. The van der Waals surface area contributed by atoms with Crippen LogP contribution in [0.1, 0.15) is 6.92 Å². The molecule has 0 saturated carbocycles. The van der Waals surface area contributed by atoms with Gasteiger partial charge in [-0.05, 0) is 19.1 Å². The van der Waals surface area contributed by atoms with Crippen LogP contribution in [0.2, 0.25) is 0 Å². The maximum atomic E-state index is 11.8. The second-order valence-electron chi connectivity index (χ2n) is 3.40. The normalized spacial score (nSPS) is 14.4. The molecule has 0 unspecified atom stereocenters. The maximum Gasteiger partial charge on any atom is 0.326 e. The minimum Gasteiger partial charge on any atom is -0.465 e. The van der Waals surface area contributed by atoms with Gasteiger partial charge in [0.25, 0.3) is 0 Å². The highest BCUT2D eigenvalue weighted by molar-refractivity contribution is 8.00. The molecule has 17 heavy (non-hydrogen) atoms. The number of ether oxygens (including phenoxy) is 1. The van der Waals surface area contributed by atoms with Crippen molar-refractivity contribution in [1.82, 2.24) is 4.98 Å². The third-order valence-electron chi connectivity index (χ3n) is 2.27. The van der Waals surface area contributed by atoms with Gasteiger partial charge in [-0.2, -0.15) is 0 Å². The summed E-state index contributed by atoms with van der Waals surface area (Å²) in [6.45, 7) is 2.00. The first-order valence-corrected chi connectivity index (χ1v) is 6.24. The second-order valence-corrected chi connectivity index (χ2v) is 4.37. The van der Waals surface area contributed by atoms with Gasteiger partial charge < -0.3 is 4.74 Å². The summed E-state index contributed by atoms with van der Waals surface area (Å²) >= 11 is 1.39. The number of aromatic nitrogens is 1. The first kappa shape index (κ1) is 11.9. The molecule has 1 aromatic heterocycles. The monoisotopic (exact) mass is 252 g/mol. The largest absolute Gasteiger partial charge is 0.465 e. The summed E-state index contributed by atoms with van der Waals surface area (Å²) in [5.74, 6) is -0.185. The Morgan fingerprint density at radius 3 is 3.24 bits per heavy atom. The van der Waals surface area contributed by atoms with E-state index in [1.807, 2.05) is 0 Å². The molecule has 0 aliphatic carbocycles. The summed E-state index contributed by atoms with van der Waals surface area (Å²) in [5.41, 5.74) is 0.682. The Labute approximate surface area is 103 Å². The van der Waals surface area contributed by atoms with Gasteiger partial charge in [0.15, 0.2) is 0 Å². The van der Waals surface area contributed by atoms with Crippen molar-refractivity contribution < 1.29 is 14.3 Å². The molecule has 2 heterocycles. The first-order chi connectivity index (χ1) is 8.22. The molecule has 90 valence electrons. The third-order valence-corrected chi connectivity index (χ3v) is 3.25.